The summed E-state index contributed by atoms with van der Waals surface area (Å²) >= 11 is 1.39. The molecule has 6 heteroatoms. The van der Waals surface area contributed by atoms with Gasteiger partial charge >= 0.3 is 0 Å². The van der Waals surface area contributed by atoms with Crippen LogP contribution in [0.4, 0.5) is 5.13 Å². The van der Waals surface area contributed by atoms with E-state index in [-0.39, 0.29) is 5.91 Å². The van der Waals surface area contributed by atoms with Crippen LogP contribution in [0.1, 0.15) is 15.9 Å². The summed E-state index contributed by atoms with van der Waals surface area (Å²) in [6, 6.07) is 21.2. The first-order valence-electron chi connectivity index (χ1n) is 9.74. The van der Waals surface area contributed by atoms with Crippen molar-refractivity contribution in [2.24, 2.45) is 0 Å². The Morgan fingerprint density at radius 2 is 1.65 bits per heavy atom. The highest BCUT2D eigenvalue weighted by atomic mass is 32.1. The van der Waals surface area contributed by atoms with Crippen LogP contribution in [0.25, 0.3) is 22.4 Å². The van der Waals surface area contributed by atoms with Crippen LogP contribution in [0.5, 0.6) is 11.5 Å². The molecule has 0 saturated carbocycles. The van der Waals surface area contributed by atoms with Gasteiger partial charge in [-0.05, 0) is 53.9 Å². The first kappa shape index (κ1) is 20.6. The van der Waals surface area contributed by atoms with E-state index in [0.717, 1.165) is 39.4 Å². The fourth-order valence-corrected chi connectivity index (χ4v) is 4.09. The van der Waals surface area contributed by atoms with Gasteiger partial charge in [-0.15, -0.1) is 11.3 Å². The van der Waals surface area contributed by atoms with Crippen LogP contribution < -0.4 is 14.8 Å². The second-order valence-electron chi connectivity index (χ2n) is 6.93. The molecule has 0 aliphatic heterocycles. The van der Waals surface area contributed by atoms with Crippen molar-refractivity contribution in [2.75, 3.05) is 19.5 Å². The standard InChI is InChI=1S/C25H22N2O3S/c1-16-21(17-10-12-19(29-2)13-11-17)8-5-9-22(16)24(28)27-25-26-23(15-31-25)18-6-4-7-20(14-18)30-3/h4-15H,1-3H3,(H,26,27,28). The molecule has 0 radical (unpaired) electrons. The molecule has 5 nitrogen and oxygen atoms in total. The number of carbonyl (C=O) groups excluding carboxylic acids is 1. The summed E-state index contributed by atoms with van der Waals surface area (Å²) in [5, 5.41) is 5.41. The zero-order valence-corrected chi connectivity index (χ0v) is 18.3. The number of hydrogen-bond acceptors (Lipinski definition) is 5. The van der Waals surface area contributed by atoms with E-state index in [1.165, 1.54) is 11.3 Å². The van der Waals surface area contributed by atoms with Gasteiger partial charge in [0.05, 0.1) is 19.9 Å². The second-order valence-corrected chi connectivity index (χ2v) is 7.79. The third-order valence-electron chi connectivity index (χ3n) is 5.07. The maximum absolute atomic E-state index is 13.0. The third-order valence-corrected chi connectivity index (χ3v) is 5.83. The van der Waals surface area contributed by atoms with Crippen molar-refractivity contribution in [3.63, 3.8) is 0 Å². The van der Waals surface area contributed by atoms with E-state index in [0.29, 0.717) is 10.7 Å². The van der Waals surface area contributed by atoms with Gasteiger partial charge < -0.3 is 9.47 Å². The first-order chi connectivity index (χ1) is 15.1. The van der Waals surface area contributed by atoms with Gasteiger partial charge in [0.1, 0.15) is 11.5 Å². The molecule has 0 saturated heterocycles. The molecule has 0 unspecified atom stereocenters. The Balaban J connectivity index is 1.56. The number of thiazole rings is 1. The number of methoxy groups -OCH3 is 2. The molecule has 3 aromatic carbocycles. The van der Waals surface area contributed by atoms with Gasteiger partial charge in [-0.3, -0.25) is 10.1 Å². The lowest BCUT2D eigenvalue weighted by Gasteiger charge is -2.11. The Morgan fingerprint density at radius 3 is 2.39 bits per heavy atom. The number of anilines is 1. The Hall–Kier alpha value is -3.64. The number of carbonyl (C=O) groups is 1. The van der Waals surface area contributed by atoms with Crippen molar-refractivity contribution in [1.29, 1.82) is 0 Å². The Morgan fingerprint density at radius 1 is 0.903 bits per heavy atom. The average molecular weight is 431 g/mol. The van der Waals surface area contributed by atoms with E-state index in [2.05, 4.69) is 10.3 Å². The molecule has 0 atom stereocenters. The summed E-state index contributed by atoms with van der Waals surface area (Å²) in [6.07, 6.45) is 0. The minimum atomic E-state index is -0.181. The van der Waals surface area contributed by atoms with Crippen LogP contribution in [0.3, 0.4) is 0 Å². The predicted molar refractivity (Wildman–Crippen MR) is 125 cm³/mol. The highest BCUT2D eigenvalue weighted by Crippen LogP contribution is 2.30. The molecule has 31 heavy (non-hydrogen) atoms. The minimum Gasteiger partial charge on any atom is -0.497 e. The Bertz CT molecular complexity index is 1220. The summed E-state index contributed by atoms with van der Waals surface area (Å²) in [6.45, 7) is 1.96. The van der Waals surface area contributed by atoms with E-state index in [1.54, 1.807) is 14.2 Å². The van der Waals surface area contributed by atoms with E-state index in [4.69, 9.17) is 9.47 Å². The largest absolute Gasteiger partial charge is 0.497 e. The lowest BCUT2D eigenvalue weighted by atomic mass is 9.96. The van der Waals surface area contributed by atoms with Gasteiger partial charge in [0.2, 0.25) is 0 Å². The number of rotatable bonds is 6. The van der Waals surface area contributed by atoms with E-state index >= 15 is 0 Å². The van der Waals surface area contributed by atoms with Gasteiger partial charge in [-0.25, -0.2) is 4.98 Å². The summed E-state index contributed by atoms with van der Waals surface area (Å²) < 4.78 is 10.5. The molecular weight excluding hydrogens is 408 g/mol. The van der Waals surface area contributed by atoms with Gasteiger partial charge in [-0.1, -0.05) is 36.4 Å². The molecule has 0 aliphatic carbocycles. The highest BCUT2D eigenvalue weighted by molar-refractivity contribution is 7.14. The number of amides is 1. The van der Waals surface area contributed by atoms with E-state index in [9.17, 15) is 4.79 Å². The number of nitrogens with zero attached hydrogens (tertiary/aromatic N) is 1. The maximum atomic E-state index is 13.0. The molecule has 1 heterocycles. The van der Waals surface area contributed by atoms with Gasteiger partial charge in [0.25, 0.3) is 5.91 Å². The lowest BCUT2D eigenvalue weighted by molar-refractivity contribution is 0.102. The molecule has 0 fully saturated rings. The zero-order valence-electron chi connectivity index (χ0n) is 17.5. The van der Waals surface area contributed by atoms with Crippen LogP contribution in [-0.4, -0.2) is 25.1 Å². The van der Waals surface area contributed by atoms with Crippen LogP contribution in [0.15, 0.2) is 72.1 Å². The highest BCUT2D eigenvalue weighted by Gasteiger charge is 2.15. The summed E-state index contributed by atoms with van der Waals surface area (Å²) in [7, 11) is 3.28. The zero-order chi connectivity index (χ0) is 21.8. The second kappa shape index (κ2) is 9.02. The van der Waals surface area contributed by atoms with Crippen LogP contribution in [0.2, 0.25) is 0 Å². The molecule has 4 rings (SSSR count). The minimum absolute atomic E-state index is 0.181. The number of aromatic nitrogens is 1. The molecule has 156 valence electrons. The van der Waals surface area contributed by atoms with Crippen LogP contribution >= 0.6 is 11.3 Å². The summed E-state index contributed by atoms with van der Waals surface area (Å²) in [5.74, 6) is 1.38. The molecule has 0 spiro atoms. The number of ether oxygens (including phenoxy) is 2. The fraction of sp³-hybridized carbons (Fsp3) is 0.120. The van der Waals surface area contributed by atoms with E-state index in [1.807, 2.05) is 79.0 Å². The summed E-state index contributed by atoms with van der Waals surface area (Å²) in [4.78, 5) is 17.5. The quantitative estimate of drug-likeness (QED) is 0.404. The van der Waals surface area contributed by atoms with Crippen molar-refractivity contribution in [1.82, 2.24) is 4.98 Å². The monoisotopic (exact) mass is 430 g/mol. The van der Waals surface area contributed by atoms with Gasteiger partial charge in [0.15, 0.2) is 5.13 Å². The van der Waals surface area contributed by atoms with Gasteiger partial charge in [0, 0.05) is 16.5 Å². The van der Waals surface area contributed by atoms with Gasteiger partial charge in [-0.2, -0.15) is 0 Å². The Labute approximate surface area is 185 Å². The topological polar surface area (TPSA) is 60.5 Å². The van der Waals surface area contributed by atoms with Crippen molar-refractivity contribution >= 4 is 22.4 Å². The first-order valence-corrected chi connectivity index (χ1v) is 10.6. The Kier molecular flexibility index (Phi) is 6.00. The average Bonchev–Trinajstić information content (AvgIpc) is 3.28. The van der Waals surface area contributed by atoms with E-state index < -0.39 is 0 Å². The SMILES string of the molecule is COc1ccc(-c2cccc(C(=O)Nc3nc(-c4cccc(OC)c4)cs3)c2C)cc1. The molecule has 4 aromatic rings. The van der Waals surface area contributed by atoms with Crippen molar-refractivity contribution in [3.8, 4) is 33.9 Å². The molecule has 0 aliphatic rings. The number of benzene rings is 3. The fourth-order valence-electron chi connectivity index (χ4n) is 3.38. The normalized spacial score (nSPS) is 10.5. The lowest BCUT2D eigenvalue weighted by Crippen LogP contribution is -2.13. The molecule has 1 N–H and O–H groups in total. The third kappa shape index (κ3) is 4.44. The number of nitrogens with one attached hydrogen (secondary N) is 1. The van der Waals surface area contributed by atoms with Crippen molar-refractivity contribution < 1.29 is 14.3 Å². The van der Waals surface area contributed by atoms with Crippen LogP contribution in [0, 0.1) is 6.92 Å². The smallest absolute Gasteiger partial charge is 0.257 e. The predicted octanol–water partition coefficient (Wildman–Crippen LogP) is 6.06. The number of hydrogen-bond donors (Lipinski definition) is 1. The molecule has 1 aromatic heterocycles. The maximum Gasteiger partial charge on any atom is 0.257 e. The summed E-state index contributed by atoms with van der Waals surface area (Å²) in [5.41, 5.74) is 5.30. The molecule has 0 bridgehead atoms. The van der Waals surface area contributed by atoms with Crippen LogP contribution in [-0.2, 0) is 0 Å². The molecular formula is C25H22N2O3S. The van der Waals surface area contributed by atoms with Crippen molar-refractivity contribution in [3.05, 3.63) is 83.2 Å². The molecule has 1 amide bonds. The van der Waals surface area contributed by atoms with Crippen molar-refractivity contribution in [2.45, 2.75) is 6.92 Å².